The predicted octanol–water partition coefficient (Wildman–Crippen LogP) is 3.31. The van der Waals surface area contributed by atoms with Crippen LogP contribution in [0.15, 0.2) is 40.1 Å². The number of piperidine rings is 1. The van der Waals surface area contributed by atoms with E-state index in [9.17, 15) is 16.8 Å². The number of nitrogens with zero attached hydrogens (tertiary/aromatic N) is 3. The summed E-state index contributed by atoms with van der Waals surface area (Å²) in [6.45, 7) is 1.23. The average molecular weight is 476 g/mol. The second kappa shape index (κ2) is 7.70. The van der Waals surface area contributed by atoms with Crippen molar-refractivity contribution in [2.75, 3.05) is 23.9 Å². The second-order valence-corrected chi connectivity index (χ2v) is 11.5. The Bertz CT molecular complexity index is 1160. The van der Waals surface area contributed by atoms with E-state index in [1.807, 2.05) is 0 Å². The van der Waals surface area contributed by atoms with E-state index in [1.165, 1.54) is 26.8 Å². The van der Waals surface area contributed by atoms with Crippen LogP contribution in [0.4, 0.5) is 5.69 Å². The molecule has 0 radical (unpaired) electrons. The van der Waals surface area contributed by atoms with Gasteiger partial charge in [0.15, 0.2) is 5.15 Å². The first-order chi connectivity index (χ1) is 13.7. The fraction of sp³-hybridized carbons (Fsp3) is 0.389. The Balaban J connectivity index is 1.68. The number of anilines is 1. The van der Waals surface area contributed by atoms with Gasteiger partial charge in [-0.1, -0.05) is 29.6 Å². The Morgan fingerprint density at radius 2 is 1.59 bits per heavy atom. The van der Waals surface area contributed by atoms with E-state index in [-0.39, 0.29) is 26.6 Å². The summed E-state index contributed by atoms with van der Waals surface area (Å²) in [6.07, 6.45) is 3.15. The zero-order chi connectivity index (χ0) is 20.8. The number of hydrogen-bond acceptors (Lipinski definition) is 5. The van der Waals surface area contributed by atoms with Crippen molar-refractivity contribution in [2.45, 2.75) is 35.5 Å². The Labute approximate surface area is 180 Å². The zero-order valence-corrected chi connectivity index (χ0v) is 18.5. The largest absolute Gasteiger partial charge is 0.267 e. The molecule has 11 heteroatoms. The molecule has 2 aliphatic heterocycles. The van der Waals surface area contributed by atoms with Crippen LogP contribution in [0.3, 0.4) is 0 Å². The molecule has 3 heterocycles. The van der Waals surface area contributed by atoms with Gasteiger partial charge in [-0.2, -0.15) is 4.31 Å². The molecule has 1 saturated heterocycles. The number of fused-ring (bicyclic) bond motifs is 1. The first kappa shape index (κ1) is 20.9. The first-order valence-corrected chi connectivity index (χ1v) is 12.8. The normalized spacial score (nSPS) is 18.1. The molecular formula is C18H19Cl2N3O4S2. The molecule has 7 nitrogen and oxygen atoms in total. The molecule has 1 aromatic carbocycles. The van der Waals surface area contributed by atoms with Crippen molar-refractivity contribution in [3.05, 3.63) is 46.2 Å². The van der Waals surface area contributed by atoms with Gasteiger partial charge in [0.1, 0.15) is 10.0 Å². The molecule has 0 spiro atoms. The molecule has 0 N–H and O–H groups in total. The van der Waals surface area contributed by atoms with Crippen LogP contribution >= 0.6 is 23.2 Å². The van der Waals surface area contributed by atoms with Crippen LogP contribution in [0, 0.1) is 0 Å². The molecule has 0 atom stereocenters. The van der Waals surface area contributed by atoms with Gasteiger partial charge in [0, 0.05) is 19.6 Å². The first-order valence-electron chi connectivity index (χ1n) is 9.19. The van der Waals surface area contributed by atoms with Crippen molar-refractivity contribution in [3.8, 4) is 0 Å². The summed E-state index contributed by atoms with van der Waals surface area (Å²) in [6, 6.07) is 7.29. The van der Waals surface area contributed by atoms with Crippen molar-refractivity contribution in [1.82, 2.24) is 9.29 Å². The maximum absolute atomic E-state index is 13.1. The second-order valence-electron chi connectivity index (χ2n) is 7.01. The molecule has 2 aliphatic rings. The lowest BCUT2D eigenvalue weighted by atomic mass is 10.2. The number of sulfonamides is 2. The maximum Gasteiger partial charge on any atom is 0.267 e. The van der Waals surface area contributed by atoms with E-state index in [1.54, 1.807) is 12.1 Å². The summed E-state index contributed by atoms with van der Waals surface area (Å²) in [5.74, 6) is 0. The van der Waals surface area contributed by atoms with Crippen molar-refractivity contribution >= 4 is 48.9 Å². The van der Waals surface area contributed by atoms with Gasteiger partial charge in [0.05, 0.1) is 10.6 Å². The van der Waals surface area contributed by atoms with Crippen LogP contribution in [0.5, 0.6) is 0 Å². The number of rotatable bonds is 4. The Hall–Kier alpha value is -1.39. The molecule has 0 saturated carbocycles. The molecule has 4 rings (SSSR count). The van der Waals surface area contributed by atoms with E-state index in [2.05, 4.69) is 4.98 Å². The fourth-order valence-corrected chi connectivity index (χ4v) is 7.43. The quantitative estimate of drug-likeness (QED) is 0.632. The molecular weight excluding hydrogens is 457 g/mol. The van der Waals surface area contributed by atoms with Gasteiger partial charge in [0.2, 0.25) is 10.0 Å². The van der Waals surface area contributed by atoms with Crippen LogP contribution in [0.2, 0.25) is 10.3 Å². The van der Waals surface area contributed by atoms with Gasteiger partial charge in [-0.25, -0.2) is 21.8 Å². The Morgan fingerprint density at radius 3 is 2.28 bits per heavy atom. The molecule has 0 amide bonds. The maximum atomic E-state index is 13.1. The van der Waals surface area contributed by atoms with Crippen LogP contribution in [-0.4, -0.2) is 45.8 Å². The Kier molecular flexibility index (Phi) is 5.54. The highest BCUT2D eigenvalue weighted by Crippen LogP contribution is 2.36. The van der Waals surface area contributed by atoms with Crippen LogP contribution in [-0.2, 0) is 26.5 Å². The van der Waals surface area contributed by atoms with E-state index in [0.717, 1.165) is 19.3 Å². The smallest absolute Gasteiger partial charge is 0.266 e. The lowest BCUT2D eigenvalue weighted by molar-refractivity contribution is 0.346. The number of hydrogen-bond donors (Lipinski definition) is 0. The van der Waals surface area contributed by atoms with Crippen molar-refractivity contribution in [1.29, 1.82) is 0 Å². The fourth-order valence-electron chi connectivity index (χ4n) is 3.72. The lowest BCUT2D eigenvalue weighted by Crippen LogP contribution is -2.35. The van der Waals surface area contributed by atoms with Crippen LogP contribution < -0.4 is 4.31 Å². The summed E-state index contributed by atoms with van der Waals surface area (Å²) in [5, 5.41) is -0.0985. The summed E-state index contributed by atoms with van der Waals surface area (Å²) < 4.78 is 54.8. The molecule has 0 unspecified atom stereocenters. The Morgan fingerprint density at radius 1 is 0.862 bits per heavy atom. The number of pyridine rings is 1. The predicted molar refractivity (Wildman–Crippen MR) is 112 cm³/mol. The monoisotopic (exact) mass is 475 g/mol. The minimum atomic E-state index is -3.95. The van der Waals surface area contributed by atoms with Gasteiger partial charge in [-0.05, 0) is 55.2 Å². The number of benzene rings is 1. The van der Waals surface area contributed by atoms with Crippen LogP contribution in [0.1, 0.15) is 24.8 Å². The summed E-state index contributed by atoms with van der Waals surface area (Å²) in [4.78, 5) is 3.87. The third-order valence-corrected chi connectivity index (χ3v) is 9.56. The lowest BCUT2D eigenvalue weighted by Gasteiger charge is -2.26. The third kappa shape index (κ3) is 3.74. The molecule has 0 aliphatic carbocycles. The minimum absolute atomic E-state index is 0.100. The van der Waals surface area contributed by atoms with Gasteiger partial charge < -0.3 is 0 Å². The molecule has 1 aromatic heterocycles. The molecule has 1 fully saturated rings. The highest BCUT2D eigenvalue weighted by molar-refractivity contribution is 7.93. The highest BCUT2D eigenvalue weighted by Gasteiger charge is 2.34. The van der Waals surface area contributed by atoms with Gasteiger partial charge in [-0.3, -0.25) is 4.31 Å². The molecule has 29 heavy (non-hydrogen) atoms. The standard InChI is InChI=1S/C18H19Cl2N3O4S2/c19-17-7-6-16(18(20)21-17)29(26,27)23-11-8-13-12-14(4-5-15(13)23)28(24,25)22-9-2-1-3-10-22/h4-7,12H,1-3,8-11H2. The third-order valence-electron chi connectivity index (χ3n) is 5.21. The zero-order valence-electron chi connectivity index (χ0n) is 15.4. The van der Waals surface area contributed by atoms with E-state index >= 15 is 0 Å². The van der Waals surface area contributed by atoms with Crippen molar-refractivity contribution in [3.63, 3.8) is 0 Å². The minimum Gasteiger partial charge on any atom is -0.266 e. The summed E-state index contributed by atoms with van der Waals surface area (Å²) in [5.41, 5.74) is 1.12. The molecule has 156 valence electrons. The summed E-state index contributed by atoms with van der Waals surface area (Å²) in [7, 11) is -7.53. The topological polar surface area (TPSA) is 87.7 Å². The summed E-state index contributed by atoms with van der Waals surface area (Å²) >= 11 is 11.8. The molecule has 0 bridgehead atoms. The van der Waals surface area contributed by atoms with Gasteiger partial charge in [0.25, 0.3) is 10.0 Å². The van der Waals surface area contributed by atoms with Gasteiger partial charge >= 0.3 is 0 Å². The molecule has 2 aromatic rings. The van der Waals surface area contributed by atoms with E-state index in [4.69, 9.17) is 23.2 Å². The van der Waals surface area contributed by atoms with E-state index < -0.39 is 20.0 Å². The van der Waals surface area contributed by atoms with Crippen molar-refractivity contribution < 1.29 is 16.8 Å². The van der Waals surface area contributed by atoms with Gasteiger partial charge in [-0.15, -0.1) is 0 Å². The average Bonchev–Trinajstić information content (AvgIpc) is 3.12. The number of halogens is 2. The highest BCUT2D eigenvalue weighted by atomic mass is 35.5. The van der Waals surface area contributed by atoms with Crippen LogP contribution in [0.25, 0.3) is 0 Å². The van der Waals surface area contributed by atoms with E-state index in [0.29, 0.717) is 30.8 Å². The number of aromatic nitrogens is 1. The van der Waals surface area contributed by atoms with Crippen molar-refractivity contribution in [2.24, 2.45) is 0 Å². The SMILES string of the molecule is O=S(=O)(c1ccc2c(c1)CCN2S(=O)(=O)c1ccc(Cl)nc1Cl)N1CCCCC1.